The minimum absolute atomic E-state index is 0.00578. The monoisotopic (exact) mass is 416 g/mol. The SMILES string of the molecule is CC[C@@H](C)N(CC(=O)N(Cc1ccco1)C[C@@H]1CCCO1)C(=O)c1ccc(F)cc1. The van der Waals surface area contributed by atoms with Crippen LogP contribution in [0.1, 0.15) is 49.2 Å². The van der Waals surface area contributed by atoms with E-state index in [1.807, 2.05) is 19.9 Å². The lowest BCUT2D eigenvalue weighted by atomic mass is 10.1. The molecule has 6 nitrogen and oxygen atoms in total. The molecule has 2 amide bonds. The Balaban J connectivity index is 1.76. The van der Waals surface area contributed by atoms with E-state index in [2.05, 4.69) is 0 Å². The molecule has 1 saturated heterocycles. The van der Waals surface area contributed by atoms with Crippen LogP contribution in [0, 0.1) is 5.82 Å². The molecule has 1 aliphatic heterocycles. The Kier molecular flexibility index (Phi) is 7.63. The summed E-state index contributed by atoms with van der Waals surface area (Å²) in [6, 6.07) is 8.88. The van der Waals surface area contributed by atoms with Crippen LogP contribution in [0.5, 0.6) is 0 Å². The summed E-state index contributed by atoms with van der Waals surface area (Å²) in [7, 11) is 0. The molecule has 0 spiro atoms. The van der Waals surface area contributed by atoms with Crippen molar-refractivity contribution in [2.45, 2.75) is 51.8 Å². The van der Waals surface area contributed by atoms with Crippen molar-refractivity contribution in [3.63, 3.8) is 0 Å². The first-order valence-electron chi connectivity index (χ1n) is 10.5. The number of nitrogens with zero attached hydrogens (tertiary/aromatic N) is 2. The summed E-state index contributed by atoms with van der Waals surface area (Å²) in [4.78, 5) is 29.6. The van der Waals surface area contributed by atoms with Crippen LogP contribution in [0.4, 0.5) is 4.39 Å². The molecule has 2 aromatic rings. The largest absolute Gasteiger partial charge is 0.467 e. The van der Waals surface area contributed by atoms with E-state index in [1.165, 1.54) is 24.3 Å². The summed E-state index contributed by atoms with van der Waals surface area (Å²) in [6.45, 7) is 5.30. The molecule has 0 radical (unpaired) electrons. The first-order chi connectivity index (χ1) is 14.5. The van der Waals surface area contributed by atoms with Gasteiger partial charge in [-0.05, 0) is 62.6 Å². The van der Waals surface area contributed by atoms with Crippen molar-refractivity contribution >= 4 is 11.8 Å². The fourth-order valence-electron chi connectivity index (χ4n) is 3.53. The molecule has 0 saturated carbocycles. The highest BCUT2D eigenvalue weighted by Gasteiger charge is 2.28. The maximum atomic E-state index is 13.3. The van der Waals surface area contributed by atoms with Gasteiger partial charge in [-0.25, -0.2) is 4.39 Å². The predicted octanol–water partition coefficient (Wildman–Crippen LogP) is 3.87. The molecule has 3 rings (SSSR count). The van der Waals surface area contributed by atoms with E-state index in [1.54, 1.807) is 22.1 Å². The van der Waals surface area contributed by atoms with Crippen LogP contribution in [0.15, 0.2) is 47.1 Å². The van der Waals surface area contributed by atoms with E-state index in [0.29, 0.717) is 37.4 Å². The maximum Gasteiger partial charge on any atom is 0.254 e. The maximum absolute atomic E-state index is 13.3. The van der Waals surface area contributed by atoms with Crippen LogP contribution < -0.4 is 0 Å². The molecule has 0 unspecified atom stereocenters. The van der Waals surface area contributed by atoms with Gasteiger partial charge in [0.15, 0.2) is 0 Å². The Morgan fingerprint density at radius 1 is 1.23 bits per heavy atom. The van der Waals surface area contributed by atoms with Gasteiger partial charge in [0.1, 0.15) is 18.1 Å². The highest BCUT2D eigenvalue weighted by molar-refractivity contribution is 5.96. The van der Waals surface area contributed by atoms with Gasteiger partial charge in [0.25, 0.3) is 5.91 Å². The molecule has 1 aromatic heterocycles. The van der Waals surface area contributed by atoms with E-state index in [9.17, 15) is 14.0 Å². The standard InChI is InChI=1S/C23H29FN2O4/c1-3-17(2)26(23(28)18-8-10-19(24)11-9-18)16-22(27)25(14-20-6-4-12-29-20)15-21-7-5-13-30-21/h4,6,8-12,17,21H,3,5,7,13-16H2,1-2H3/t17-,21+/m1/s1. The Morgan fingerprint density at radius 2 is 2.00 bits per heavy atom. The lowest BCUT2D eigenvalue weighted by Crippen LogP contribution is -2.47. The minimum Gasteiger partial charge on any atom is -0.467 e. The number of furan rings is 1. The fourth-order valence-corrected chi connectivity index (χ4v) is 3.53. The van der Waals surface area contributed by atoms with Gasteiger partial charge in [0.05, 0.1) is 18.9 Å². The van der Waals surface area contributed by atoms with Crippen LogP contribution in [0.25, 0.3) is 0 Å². The zero-order valence-electron chi connectivity index (χ0n) is 17.6. The quantitative estimate of drug-likeness (QED) is 0.623. The molecule has 162 valence electrons. The number of carbonyl (C=O) groups excluding carboxylic acids is 2. The van der Waals surface area contributed by atoms with Crippen molar-refractivity contribution in [2.24, 2.45) is 0 Å². The van der Waals surface area contributed by atoms with Gasteiger partial charge < -0.3 is 19.0 Å². The molecular formula is C23H29FN2O4. The lowest BCUT2D eigenvalue weighted by molar-refractivity contribution is -0.134. The smallest absolute Gasteiger partial charge is 0.254 e. The first kappa shape index (κ1) is 22.0. The Bertz CT molecular complexity index is 816. The molecule has 0 N–H and O–H groups in total. The molecule has 1 aromatic carbocycles. The van der Waals surface area contributed by atoms with Gasteiger partial charge in [0, 0.05) is 24.8 Å². The molecule has 1 aliphatic rings. The van der Waals surface area contributed by atoms with Crippen molar-refractivity contribution in [3.05, 3.63) is 59.8 Å². The van der Waals surface area contributed by atoms with E-state index >= 15 is 0 Å². The van der Waals surface area contributed by atoms with Gasteiger partial charge in [-0.15, -0.1) is 0 Å². The molecular weight excluding hydrogens is 387 g/mol. The number of halogens is 1. The van der Waals surface area contributed by atoms with Crippen LogP contribution in [0.3, 0.4) is 0 Å². The molecule has 30 heavy (non-hydrogen) atoms. The topological polar surface area (TPSA) is 63.0 Å². The van der Waals surface area contributed by atoms with Crippen molar-refractivity contribution in [3.8, 4) is 0 Å². The van der Waals surface area contributed by atoms with Crippen LogP contribution in [-0.2, 0) is 16.1 Å². The predicted molar refractivity (Wildman–Crippen MR) is 110 cm³/mol. The number of benzene rings is 1. The number of hydrogen-bond acceptors (Lipinski definition) is 4. The molecule has 7 heteroatoms. The zero-order valence-corrected chi connectivity index (χ0v) is 17.6. The van der Waals surface area contributed by atoms with Crippen LogP contribution in [0.2, 0.25) is 0 Å². The normalized spacial score (nSPS) is 17.0. The second-order valence-corrected chi connectivity index (χ2v) is 7.69. The van der Waals surface area contributed by atoms with Gasteiger partial charge in [-0.3, -0.25) is 9.59 Å². The van der Waals surface area contributed by atoms with Gasteiger partial charge in [0.2, 0.25) is 5.91 Å². The molecule has 1 fully saturated rings. The third kappa shape index (κ3) is 5.69. The van der Waals surface area contributed by atoms with E-state index < -0.39 is 5.82 Å². The summed E-state index contributed by atoms with van der Waals surface area (Å²) < 4.78 is 24.4. The highest BCUT2D eigenvalue weighted by atomic mass is 19.1. The first-order valence-corrected chi connectivity index (χ1v) is 10.5. The van der Waals surface area contributed by atoms with Crippen molar-refractivity contribution in [1.82, 2.24) is 9.80 Å². The third-order valence-corrected chi connectivity index (χ3v) is 5.51. The third-order valence-electron chi connectivity index (χ3n) is 5.51. The van der Waals surface area contributed by atoms with E-state index in [0.717, 1.165) is 12.8 Å². The summed E-state index contributed by atoms with van der Waals surface area (Å²) in [5.74, 6) is -0.175. The van der Waals surface area contributed by atoms with Crippen LogP contribution >= 0.6 is 0 Å². The summed E-state index contributed by atoms with van der Waals surface area (Å²) >= 11 is 0. The van der Waals surface area contributed by atoms with Gasteiger partial charge >= 0.3 is 0 Å². The highest BCUT2D eigenvalue weighted by Crippen LogP contribution is 2.17. The van der Waals surface area contributed by atoms with E-state index in [-0.39, 0.29) is 30.5 Å². The van der Waals surface area contributed by atoms with E-state index in [4.69, 9.17) is 9.15 Å². The zero-order chi connectivity index (χ0) is 21.5. The summed E-state index contributed by atoms with van der Waals surface area (Å²) in [5, 5.41) is 0. The van der Waals surface area contributed by atoms with Crippen molar-refractivity contribution < 1.29 is 23.1 Å². The number of amides is 2. The molecule has 0 aliphatic carbocycles. The summed E-state index contributed by atoms with van der Waals surface area (Å²) in [6.07, 6.45) is 4.16. The molecule has 2 atom stereocenters. The van der Waals surface area contributed by atoms with Crippen molar-refractivity contribution in [2.75, 3.05) is 19.7 Å². The van der Waals surface area contributed by atoms with Gasteiger partial charge in [-0.2, -0.15) is 0 Å². The summed E-state index contributed by atoms with van der Waals surface area (Å²) in [5.41, 5.74) is 0.362. The average molecular weight is 416 g/mol. The average Bonchev–Trinajstić information content (AvgIpc) is 3.45. The Morgan fingerprint density at radius 3 is 2.60 bits per heavy atom. The minimum atomic E-state index is -0.404. The van der Waals surface area contributed by atoms with Gasteiger partial charge in [-0.1, -0.05) is 6.92 Å². The Labute approximate surface area is 176 Å². The molecule has 0 bridgehead atoms. The van der Waals surface area contributed by atoms with Crippen molar-refractivity contribution in [1.29, 1.82) is 0 Å². The number of carbonyl (C=O) groups is 2. The second kappa shape index (κ2) is 10.4. The molecule has 2 heterocycles. The fraction of sp³-hybridized carbons (Fsp3) is 0.478. The number of rotatable bonds is 9. The number of hydrogen-bond donors (Lipinski definition) is 0. The lowest BCUT2D eigenvalue weighted by Gasteiger charge is -2.32. The Hall–Kier alpha value is -2.67. The number of ether oxygens (including phenoxy) is 1. The second-order valence-electron chi connectivity index (χ2n) is 7.69. The van der Waals surface area contributed by atoms with Crippen LogP contribution in [-0.4, -0.2) is 53.5 Å².